The quantitative estimate of drug-likeness (QED) is 0.550. The highest BCUT2D eigenvalue weighted by Crippen LogP contribution is 2.70. The summed E-state index contributed by atoms with van der Waals surface area (Å²) in [6.45, 7) is 10.7. The van der Waals surface area contributed by atoms with E-state index in [1.807, 2.05) is 20.8 Å². The minimum atomic E-state index is -1.22. The van der Waals surface area contributed by atoms with E-state index < -0.39 is 46.3 Å². The van der Waals surface area contributed by atoms with Gasteiger partial charge in [-0.2, -0.15) is 10.1 Å². The molecular formula is C28H37FN5O4+. The van der Waals surface area contributed by atoms with E-state index in [1.54, 1.807) is 4.90 Å². The standard InChI is InChI=1S/C28H36FN5O4/c1-25(2,3)17(10-32-24(38)27-12-28(29,13-27)14-27)23(37)34-11-18-19(26(18,4)5)20(34)22(36)33-16(9-30)8-15-6-7-31-21(15)35/h15-20H,6-8,11-14H2,1-5H3,(H-,31,33,35,36)/p+1/t15-,16-,17?,18-,19?,20-,27?,28?/m0/s1. The second-order valence-corrected chi connectivity index (χ2v) is 13.9. The molecule has 204 valence electrons. The molecule has 4 saturated carbocycles. The van der Waals surface area contributed by atoms with E-state index in [0.29, 0.717) is 19.5 Å². The van der Waals surface area contributed by atoms with Crippen molar-refractivity contribution in [3.05, 3.63) is 4.85 Å². The number of nitrogens with zero attached hydrogens (tertiary/aromatic N) is 3. The smallest absolute Gasteiger partial charge is 0.356 e. The molecule has 38 heavy (non-hydrogen) atoms. The summed E-state index contributed by atoms with van der Waals surface area (Å²) in [6.07, 6.45) is 1.41. The molecule has 6 rings (SSSR count). The zero-order valence-corrected chi connectivity index (χ0v) is 22.8. The fraction of sp³-hybridized carbons (Fsp3) is 0.786. The average Bonchev–Trinajstić information content (AvgIpc) is 3.15. The van der Waals surface area contributed by atoms with Crippen LogP contribution in [0.5, 0.6) is 0 Å². The molecule has 0 aromatic carbocycles. The first-order valence-electron chi connectivity index (χ1n) is 13.6. The zero-order valence-electron chi connectivity index (χ0n) is 22.8. The fourth-order valence-electron chi connectivity index (χ4n) is 7.29. The topological polar surface area (TPSA) is 124 Å². The summed E-state index contributed by atoms with van der Waals surface area (Å²) in [7, 11) is 0. The van der Waals surface area contributed by atoms with Gasteiger partial charge in [-0.25, -0.2) is 4.39 Å². The van der Waals surface area contributed by atoms with E-state index in [9.17, 15) is 28.8 Å². The number of hydrogen-bond acceptors (Lipinski definition) is 5. The maximum atomic E-state index is 13.9. The van der Waals surface area contributed by atoms with Crippen molar-refractivity contribution in [2.75, 3.05) is 13.1 Å². The molecule has 6 aliphatic rings. The fourth-order valence-corrected chi connectivity index (χ4v) is 7.29. The Labute approximate surface area is 222 Å². The van der Waals surface area contributed by atoms with Gasteiger partial charge in [0.05, 0.1) is 6.07 Å². The van der Waals surface area contributed by atoms with Gasteiger partial charge in [-0.1, -0.05) is 34.6 Å². The summed E-state index contributed by atoms with van der Waals surface area (Å²) in [5, 5.41) is 15.2. The van der Waals surface area contributed by atoms with Gasteiger partial charge in [0, 0.05) is 43.1 Å². The molecule has 6 atom stereocenters. The number of rotatable bonds is 6. The van der Waals surface area contributed by atoms with Crippen LogP contribution >= 0.6 is 0 Å². The molecule has 2 saturated heterocycles. The van der Waals surface area contributed by atoms with E-state index in [2.05, 4.69) is 41.5 Å². The van der Waals surface area contributed by atoms with Crippen molar-refractivity contribution in [2.24, 2.45) is 39.9 Å². The summed E-state index contributed by atoms with van der Waals surface area (Å²) in [5.74, 6) is -2.38. The van der Waals surface area contributed by atoms with Gasteiger partial charge in [0.25, 0.3) is 0 Å². The summed E-state index contributed by atoms with van der Waals surface area (Å²) in [4.78, 5) is 57.7. The lowest BCUT2D eigenvalue weighted by atomic mass is 9.42. The minimum absolute atomic E-state index is 0.0544. The maximum absolute atomic E-state index is 13.9. The summed E-state index contributed by atoms with van der Waals surface area (Å²) < 4.78 is 13.9. The normalized spacial score (nSPS) is 37.2. The minimum Gasteiger partial charge on any atom is -0.356 e. The molecule has 4 amide bonds. The number of hydrogen-bond donors (Lipinski definition) is 2. The summed E-state index contributed by atoms with van der Waals surface area (Å²) >= 11 is 0. The molecule has 2 aliphatic heterocycles. The molecule has 2 N–H and O–H groups in total. The van der Waals surface area contributed by atoms with Crippen molar-refractivity contribution in [1.29, 1.82) is 5.26 Å². The Hall–Kier alpha value is -3.01. The number of likely N-dealkylation sites (tertiary alicyclic amines) is 1. The van der Waals surface area contributed by atoms with Crippen LogP contribution in [0, 0.1) is 57.3 Å². The highest BCUT2D eigenvalue weighted by molar-refractivity contribution is 5.97. The predicted molar refractivity (Wildman–Crippen MR) is 135 cm³/mol. The zero-order chi connectivity index (χ0) is 27.8. The van der Waals surface area contributed by atoms with Gasteiger partial charge < -0.3 is 15.5 Å². The van der Waals surface area contributed by atoms with E-state index >= 15 is 0 Å². The Morgan fingerprint density at radius 1 is 1.26 bits per heavy atom. The number of nitrogens with one attached hydrogen (secondary N) is 2. The number of piperidine rings is 1. The molecule has 9 nitrogen and oxygen atoms in total. The first-order valence-corrected chi connectivity index (χ1v) is 13.6. The van der Waals surface area contributed by atoms with Gasteiger partial charge in [0.15, 0.2) is 5.92 Å². The van der Waals surface area contributed by atoms with E-state index in [-0.39, 0.29) is 60.7 Å². The highest BCUT2D eigenvalue weighted by atomic mass is 19.1. The SMILES string of the molecule is CC(C)(C)C(C#[N+]C(=O)C12CC(F)(C1)C2)C(=O)N1C[C@H]2C([C@H]1C(=O)N[C@H](C#N)C[C@@H]1CCNC1=O)C2(C)C. The number of alkyl halides is 1. The van der Waals surface area contributed by atoms with Crippen LogP contribution in [0.4, 0.5) is 4.39 Å². The van der Waals surface area contributed by atoms with Crippen LogP contribution in [0.25, 0.3) is 4.85 Å². The van der Waals surface area contributed by atoms with Crippen LogP contribution in [0.2, 0.25) is 0 Å². The Bertz CT molecular complexity index is 1180. The van der Waals surface area contributed by atoms with E-state index in [0.717, 1.165) is 0 Å². The molecule has 6 fully saturated rings. The first-order chi connectivity index (χ1) is 17.6. The van der Waals surface area contributed by atoms with Crippen molar-refractivity contribution in [2.45, 2.75) is 84.5 Å². The second-order valence-electron chi connectivity index (χ2n) is 13.9. The molecule has 0 spiro atoms. The van der Waals surface area contributed by atoms with Crippen LogP contribution in [-0.2, 0) is 19.2 Å². The van der Waals surface area contributed by atoms with Crippen LogP contribution < -0.4 is 10.6 Å². The molecule has 4 aliphatic carbocycles. The number of halogens is 1. The van der Waals surface area contributed by atoms with E-state index in [1.165, 1.54) is 0 Å². The van der Waals surface area contributed by atoms with Crippen LogP contribution in [0.15, 0.2) is 0 Å². The summed E-state index contributed by atoms with van der Waals surface area (Å²) in [5.41, 5.74) is -2.71. The lowest BCUT2D eigenvalue weighted by molar-refractivity contribution is -0.208. The number of amides is 4. The summed E-state index contributed by atoms with van der Waals surface area (Å²) in [6, 6.07) is 3.29. The van der Waals surface area contributed by atoms with Crippen molar-refractivity contribution in [3.63, 3.8) is 0 Å². The van der Waals surface area contributed by atoms with Gasteiger partial charge in [0.2, 0.25) is 17.7 Å². The maximum Gasteiger partial charge on any atom is 0.521 e. The van der Waals surface area contributed by atoms with Crippen molar-refractivity contribution in [3.8, 4) is 12.1 Å². The Kier molecular flexibility index (Phi) is 5.94. The number of carbonyl (C=O) groups excluding carboxylic acids is 4. The average molecular weight is 527 g/mol. The van der Waals surface area contributed by atoms with Crippen LogP contribution in [0.1, 0.15) is 66.7 Å². The Balaban J connectivity index is 1.33. The van der Waals surface area contributed by atoms with Gasteiger partial charge >= 0.3 is 12.0 Å². The van der Waals surface area contributed by atoms with Crippen molar-refractivity contribution < 1.29 is 23.6 Å². The highest BCUT2D eigenvalue weighted by Gasteiger charge is 2.77. The van der Waals surface area contributed by atoms with Crippen LogP contribution in [-0.4, -0.2) is 59.4 Å². The number of carbonyl (C=O) groups is 4. The Morgan fingerprint density at radius 3 is 2.45 bits per heavy atom. The third-order valence-electron chi connectivity index (χ3n) is 9.74. The first kappa shape index (κ1) is 26.6. The van der Waals surface area contributed by atoms with Gasteiger partial charge in [-0.3, -0.25) is 14.4 Å². The lowest BCUT2D eigenvalue weighted by Gasteiger charge is -2.60. The molecule has 2 heterocycles. The second kappa shape index (κ2) is 8.49. The predicted octanol–water partition coefficient (Wildman–Crippen LogP) is 2.42. The number of nitriles is 1. The van der Waals surface area contributed by atoms with Crippen LogP contribution in [0.3, 0.4) is 0 Å². The molecule has 2 bridgehead atoms. The van der Waals surface area contributed by atoms with E-state index in [4.69, 9.17) is 0 Å². The largest absolute Gasteiger partial charge is 0.521 e. The van der Waals surface area contributed by atoms with Gasteiger partial charge in [-0.05, 0) is 35.5 Å². The van der Waals surface area contributed by atoms with Gasteiger partial charge in [0.1, 0.15) is 23.2 Å². The number of fused-ring (bicyclic) bond motifs is 1. The molecule has 0 aromatic rings. The van der Waals surface area contributed by atoms with Gasteiger partial charge in [-0.15, -0.1) is 0 Å². The lowest BCUT2D eigenvalue weighted by Crippen LogP contribution is -2.67. The Morgan fingerprint density at radius 2 is 1.92 bits per heavy atom. The third kappa shape index (κ3) is 4.17. The van der Waals surface area contributed by atoms with Crippen molar-refractivity contribution >= 4 is 23.6 Å². The monoisotopic (exact) mass is 526 g/mol. The molecule has 2 unspecified atom stereocenters. The molecule has 10 heteroatoms. The molecular weight excluding hydrogens is 489 g/mol. The molecule has 0 aromatic heterocycles. The third-order valence-corrected chi connectivity index (χ3v) is 9.74. The molecule has 0 radical (unpaired) electrons. The van der Waals surface area contributed by atoms with Crippen molar-refractivity contribution in [1.82, 2.24) is 15.5 Å².